The molecule has 4 aromatic rings. The molecule has 0 radical (unpaired) electrons. The molecule has 30 heavy (non-hydrogen) atoms. The number of alkyl halides is 3. The number of aromatic hydroxyl groups is 1. The van der Waals surface area contributed by atoms with Crippen molar-refractivity contribution in [2.24, 2.45) is 0 Å². The molecule has 0 aliphatic rings. The van der Waals surface area contributed by atoms with Crippen LogP contribution in [0.15, 0.2) is 67.0 Å². The van der Waals surface area contributed by atoms with Crippen LogP contribution in [-0.4, -0.2) is 27.8 Å². The van der Waals surface area contributed by atoms with Gasteiger partial charge in [0.25, 0.3) is 0 Å². The molecule has 4 rings (SSSR count). The molecule has 0 unspecified atom stereocenters. The number of aromatic nitrogens is 2. The molecule has 2 aromatic carbocycles. The third kappa shape index (κ3) is 4.17. The second kappa shape index (κ2) is 7.62. The maximum atomic E-state index is 13.6. The van der Waals surface area contributed by atoms with Gasteiger partial charge in [0.2, 0.25) is 0 Å². The summed E-state index contributed by atoms with van der Waals surface area (Å²) in [6, 6.07) is 13.6. The second-order valence-electron chi connectivity index (χ2n) is 6.67. The Morgan fingerprint density at radius 3 is 2.43 bits per heavy atom. The van der Waals surface area contributed by atoms with Crippen molar-refractivity contribution in [3.05, 3.63) is 72.8 Å². The van der Waals surface area contributed by atoms with Crippen LogP contribution in [0.1, 0.15) is 0 Å². The summed E-state index contributed by atoms with van der Waals surface area (Å²) in [7, 11) is 0. The standard InChI is InChI=1S/C22H15F4N3O/c23-16-5-1-3-13(7-16)15-8-17-19(28-12-22(24,25)26)10-18(14-4-2-6-27-11-14)29-21(17)20(30)9-15/h1-11,30H,12H2,(H,28,29). The summed E-state index contributed by atoms with van der Waals surface area (Å²) in [5, 5.41) is 13.3. The lowest BCUT2D eigenvalue weighted by Crippen LogP contribution is -2.21. The highest BCUT2D eigenvalue weighted by Gasteiger charge is 2.27. The van der Waals surface area contributed by atoms with Gasteiger partial charge in [-0.3, -0.25) is 4.98 Å². The van der Waals surface area contributed by atoms with Crippen LogP contribution < -0.4 is 5.32 Å². The van der Waals surface area contributed by atoms with Crippen LogP contribution in [0.4, 0.5) is 23.2 Å². The average molecular weight is 413 g/mol. The number of phenols is 1. The molecule has 2 heterocycles. The summed E-state index contributed by atoms with van der Waals surface area (Å²) in [5.41, 5.74) is 2.14. The number of nitrogens with zero attached hydrogens (tertiary/aromatic N) is 2. The van der Waals surface area contributed by atoms with E-state index in [0.29, 0.717) is 22.4 Å². The van der Waals surface area contributed by atoms with Crippen molar-refractivity contribution in [1.29, 1.82) is 0 Å². The maximum absolute atomic E-state index is 13.6. The van der Waals surface area contributed by atoms with Crippen LogP contribution in [0.2, 0.25) is 0 Å². The number of phenolic OH excluding ortho intramolecular Hbond substituents is 1. The van der Waals surface area contributed by atoms with Crippen molar-refractivity contribution in [3.63, 3.8) is 0 Å². The molecular weight excluding hydrogens is 398 g/mol. The SMILES string of the molecule is Oc1cc(-c2cccc(F)c2)cc2c(NCC(F)(F)F)cc(-c3cccnc3)nc12. The molecule has 8 heteroatoms. The molecule has 0 spiro atoms. The number of hydrogen-bond donors (Lipinski definition) is 2. The Kier molecular flexibility index (Phi) is 4.99. The van der Waals surface area contributed by atoms with Gasteiger partial charge in [0.05, 0.1) is 5.69 Å². The van der Waals surface area contributed by atoms with Crippen molar-refractivity contribution in [1.82, 2.24) is 9.97 Å². The van der Waals surface area contributed by atoms with Crippen molar-refractivity contribution in [2.75, 3.05) is 11.9 Å². The van der Waals surface area contributed by atoms with Gasteiger partial charge >= 0.3 is 6.18 Å². The van der Waals surface area contributed by atoms with Gasteiger partial charge in [0.1, 0.15) is 23.6 Å². The van der Waals surface area contributed by atoms with Gasteiger partial charge in [-0.25, -0.2) is 9.37 Å². The molecule has 0 fully saturated rings. The molecule has 0 atom stereocenters. The monoisotopic (exact) mass is 413 g/mol. The summed E-state index contributed by atoms with van der Waals surface area (Å²) in [4.78, 5) is 8.42. The zero-order valence-electron chi connectivity index (χ0n) is 15.4. The van der Waals surface area contributed by atoms with Crippen molar-refractivity contribution >= 4 is 16.6 Å². The minimum atomic E-state index is -4.44. The fourth-order valence-corrected chi connectivity index (χ4v) is 3.15. The van der Waals surface area contributed by atoms with E-state index in [0.717, 1.165) is 0 Å². The maximum Gasteiger partial charge on any atom is 0.405 e. The zero-order valence-corrected chi connectivity index (χ0v) is 15.4. The lowest BCUT2D eigenvalue weighted by molar-refractivity contribution is -0.115. The Morgan fingerprint density at radius 1 is 0.933 bits per heavy atom. The molecule has 4 nitrogen and oxygen atoms in total. The van der Waals surface area contributed by atoms with Crippen LogP contribution >= 0.6 is 0 Å². The van der Waals surface area contributed by atoms with Crippen LogP contribution in [0, 0.1) is 5.82 Å². The predicted octanol–water partition coefficient (Wildman–Crippen LogP) is 5.78. The smallest absolute Gasteiger partial charge is 0.405 e. The first-order valence-corrected chi connectivity index (χ1v) is 8.95. The van der Waals surface area contributed by atoms with E-state index in [4.69, 9.17) is 0 Å². The van der Waals surface area contributed by atoms with Crippen molar-refractivity contribution in [2.45, 2.75) is 6.18 Å². The first kappa shape index (κ1) is 19.6. The van der Waals surface area contributed by atoms with E-state index in [-0.39, 0.29) is 22.3 Å². The second-order valence-corrected chi connectivity index (χ2v) is 6.67. The van der Waals surface area contributed by atoms with E-state index in [1.54, 1.807) is 30.5 Å². The predicted molar refractivity (Wildman–Crippen MR) is 107 cm³/mol. The van der Waals surface area contributed by atoms with Crippen LogP contribution in [0.3, 0.4) is 0 Å². The lowest BCUT2D eigenvalue weighted by Gasteiger charge is -2.15. The van der Waals surface area contributed by atoms with Crippen molar-refractivity contribution < 1.29 is 22.7 Å². The Labute approximate surface area is 168 Å². The van der Waals surface area contributed by atoms with Crippen LogP contribution in [-0.2, 0) is 0 Å². The number of benzene rings is 2. The summed E-state index contributed by atoms with van der Waals surface area (Å²) in [6.07, 6.45) is -1.34. The largest absolute Gasteiger partial charge is 0.506 e. The topological polar surface area (TPSA) is 58.0 Å². The molecule has 0 amide bonds. The minimum Gasteiger partial charge on any atom is -0.506 e. The summed E-state index contributed by atoms with van der Waals surface area (Å²) in [5.74, 6) is -0.694. The van der Waals surface area contributed by atoms with E-state index in [1.807, 2.05) is 0 Å². The first-order chi connectivity index (χ1) is 14.3. The molecule has 0 saturated heterocycles. The number of fused-ring (bicyclic) bond motifs is 1. The number of halogens is 4. The Hall–Kier alpha value is -3.68. The van der Waals surface area contributed by atoms with Crippen molar-refractivity contribution in [3.8, 4) is 28.1 Å². The van der Waals surface area contributed by atoms with Gasteiger partial charge in [0.15, 0.2) is 0 Å². The normalized spacial score (nSPS) is 11.6. The highest BCUT2D eigenvalue weighted by Crippen LogP contribution is 2.37. The highest BCUT2D eigenvalue weighted by atomic mass is 19.4. The molecule has 2 aromatic heterocycles. The average Bonchev–Trinajstić information content (AvgIpc) is 2.72. The number of rotatable bonds is 4. The Balaban J connectivity index is 1.91. The number of hydrogen-bond acceptors (Lipinski definition) is 4. The van der Waals surface area contributed by atoms with Gasteiger partial charge < -0.3 is 10.4 Å². The van der Waals surface area contributed by atoms with Crippen LogP contribution in [0.25, 0.3) is 33.3 Å². The van der Waals surface area contributed by atoms with Crippen LogP contribution in [0.5, 0.6) is 5.75 Å². The Morgan fingerprint density at radius 2 is 1.73 bits per heavy atom. The molecule has 0 saturated carbocycles. The lowest BCUT2D eigenvalue weighted by atomic mass is 10.0. The molecule has 2 N–H and O–H groups in total. The van der Waals surface area contributed by atoms with E-state index in [9.17, 15) is 22.7 Å². The summed E-state index contributed by atoms with van der Waals surface area (Å²) >= 11 is 0. The number of anilines is 1. The fraction of sp³-hybridized carbons (Fsp3) is 0.0909. The fourth-order valence-electron chi connectivity index (χ4n) is 3.15. The number of pyridine rings is 2. The zero-order chi connectivity index (χ0) is 21.3. The van der Waals surface area contributed by atoms with E-state index in [1.165, 1.54) is 36.5 Å². The molecular formula is C22H15F4N3O. The van der Waals surface area contributed by atoms with Gasteiger partial charge in [0, 0.05) is 29.0 Å². The molecule has 0 bridgehead atoms. The quantitative estimate of drug-likeness (QED) is 0.416. The molecule has 152 valence electrons. The minimum absolute atomic E-state index is 0.126. The van der Waals surface area contributed by atoms with E-state index < -0.39 is 18.5 Å². The summed E-state index contributed by atoms with van der Waals surface area (Å²) < 4.78 is 52.2. The summed E-state index contributed by atoms with van der Waals surface area (Å²) in [6.45, 7) is -1.26. The number of nitrogens with one attached hydrogen (secondary N) is 1. The Bertz CT molecular complexity index is 1210. The van der Waals surface area contributed by atoms with Gasteiger partial charge in [-0.1, -0.05) is 12.1 Å². The molecule has 0 aliphatic heterocycles. The third-order valence-corrected chi connectivity index (χ3v) is 4.49. The van der Waals surface area contributed by atoms with Gasteiger partial charge in [-0.2, -0.15) is 13.2 Å². The highest BCUT2D eigenvalue weighted by molar-refractivity contribution is 5.99. The van der Waals surface area contributed by atoms with Gasteiger partial charge in [-0.05, 0) is 53.6 Å². The first-order valence-electron chi connectivity index (χ1n) is 8.95. The van der Waals surface area contributed by atoms with E-state index in [2.05, 4.69) is 15.3 Å². The molecule has 0 aliphatic carbocycles. The van der Waals surface area contributed by atoms with E-state index >= 15 is 0 Å². The third-order valence-electron chi connectivity index (χ3n) is 4.49. The van der Waals surface area contributed by atoms with Gasteiger partial charge in [-0.15, -0.1) is 0 Å².